The van der Waals surface area contributed by atoms with Crippen molar-refractivity contribution in [2.75, 3.05) is 0 Å². The number of thiophene rings is 2. The van der Waals surface area contributed by atoms with Crippen molar-refractivity contribution in [3.05, 3.63) is 34.0 Å². The summed E-state index contributed by atoms with van der Waals surface area (Å²) in [7, 11) is 0. The fraction of sp³-hybridized carbons (Fsp3) is 0.579. The average Bonchev–Trinajstić information content (AvgIpc) is 3.17. The van der Waals surface area contributed by atoms with Gasteiger partial charge in [0.15, 0.2) is 0 Å². The van der Waals surface area contributed by atoms with E-state index in [1.54, 1.807) is 20.9 Å². The minimum absolute atomic E-state index is 0.342. The second kappa shape index (κ2) is 6.66. The van der Waals surface area contributed by atoms with E-state index < -0.39 is 0 Å². The van der Waals surface area contributed by atoms with Crippen molar-refractivity contribution in [2.45, 2.75) is 70.6 Å². The van der Waals surface area contributed by atoms with Crippen molar-refractivity contribution >= 4 is 22.7 Å². The van der Waals surface area contributed by atoms with E-state index in [1.165, 1.54) is 51.4 Å². The van der Waals surface area contributed by atoms with Gasteiger partial charge in [0.2, 0.25) is 0 Å². The summed E-state index contributed by atoms with van der Waals surface area (Å²) >= 11 is 3.90. The third-order valence-corrected chi connectivity index (χ3v) is 6.98. The van der Waals surface area contributed by atoms with E-state index in [2.05, 4.69) is 36.7 Å². The second-order valence-corrected chi connectivity index (χ2v) is 8.16. The van der Waals surface area contributed by atoms with Crippen molar-refractivity contribution in [3.63, 3.8) is 0 Å². The minimum Gasteiger partial charge on any atom is -0.143 e. The molecular weight excluding hydrogens is 292 g/mol. The molecule has 0 spiro atoms. The van der Waals surface area contributed by atoms with Crippen LogP contribution in [-0.4, -0.2) is 0 Å². The standard InChI is InChI=1S/C19H26S2/c1-3-5-7-11-19(12-8-6-4-2)15-9-13-20-17(15)18-16(19)10-14-21-18/h9-10,13-14H,3-8,11-12H2,1-2H3. The van der Waals surface area contributed by atoms with Crippen LogP contribution in [0.4, 0.5) is 0 Å². The average molecular weight is 319 g/mol. The Kier molecular flexibility index (Phi) is 4.85. The molecule has 0 atom stereocenters. The van der Waals surface area contributed by atoms with Crippen molar-refractivity contribution in [2.24, 2.45) is 0 Å². The molecule has 0 saturated carbocycles. The lowest BCUT2D eigenvalue weighted by Gasteiger charge is -2.31. The van der Waals surface area contributed by atoms with Crippen LogP contribution in [0.3, 0.4) is 0 Å². The first-order valence-electron chi connectivity index (χ1n) is 8.49. The van der Waals surface area contributed by atoms with Crippen molar-refractivity contribution in [3.8, 4) is 9.75 Å². The highest BCUT2D eigenvalue weighted by Gasteiger charge is 2.43. The van der Waals surface area contributed by atoms with Gasteiger partial charge in [0.05, 0.1) is 0 Å². The molecule has 0 saturated heterocycles. The molecule has 0 aliphatic heterocycles. The molecule has 0 aromatic carbocycles. The lowest BCUT2D eigenvalue weighted by molar-refractivity contribution is 0.406. The van der Waals surface area contributed by atoms with E-state index in [1.807, 2.05) is 22.7 Å². The summed E-state index contributed by atoms with van der Waals surface area (Å²) in [5.74, 6) is 0. The Morgan fingerprint density at radius 3 is 1.67 bits per heavy atom. The molecule has 2 heterocycles. The van der Waals surface area contributed by atoms with Crippen LogP contribution in [-0.2, 0) is 5.41 Å². The van der Waals surface area contributed by atoms with Gasteiger partial charge < -0.3 is 0 Å². The highest BCUT2D eigenvalue weighted by Crippen LogP contribution is 2.57. The topological polar surface area (TPSA) is 0 Å². The van der Waals surface area contributed by atoms with Gasteiger partial charge in [-0.2, -0.15) is 0 Å². The fourth-order valence-electron chi connectivity index (χ4n) is 3.89. The highest BCUT2D eigenvalue weighted by molar-refractivity contribution is 7.21. The monoisotopic (exact) mass is 318 g/mol. The summed E-state index contributed by atoms with van der Waals surface area (Å²) in [5.41, 5.74) is 3.65. The van der Waals surface area contributed by atoms with Gasteiger partial charge in [-0.15, -0.1) is 22.7 Å². The van der Waals surface area contributed by atoms with Gasteiger partial charge in [-0.25, -0.2) is 0 Å². The third-order valence-electron chi connectivity index (χ3n) is 4.98. The first kappa shape index (κ1) is 15.3. The molecule has 2 aromatic heterocycles. The maximum Gasteiger partial charge on any atom is 0.0486 e. The summed E-state index contributed by atoms with van der Waals surface area (Å²) in [6.07, 6.45) is 10.8. The van der Waals surface area contributed by atoms with Gasteiger partial charge in [-0.1, -0.05) is 52.4 Å². The quantitative estimate of drug-likeness (QED) is 0.450. The molecule has 1 aliphatic carbocycles. The number of hydrogen-bond acceptors (Lipinski definition) is 2. The number of hydrogen-bond donors (Lipinski definition) is 0. The van der Waals surface area contributed by atoms with Crippen LogP contribution in [0.15, 0.2) is 22.9 Å². The Morgan fingerprint density at radius 1 is 0.762 bits per heavy atom. The summed E-state index contributed by atoms with van der Waals surface area (Å²) < 4.78 is 0. The Bertz CT molecular complexity index is 524. The molecule has 0 N–H and O–H groups in total. The van der Waals surface area contributed by atoms with Gasteiger partial charge in [0, 0.05) is 15.2 Å². The van der Waals surface area contributed by atoms with Crippen LogP contribution in [0.25, 0.3) is 9.75 Å². The number of fused-ring (bicyclic) bond motifs is 3. The van der Waals surface area contributed by atoms with E-state index in [4.69, 9.17) is 0 Å². The van der Waals surface area contributed by atoms with Crippen LogP contribution in [0.5, 0.6) is 0 Å². The van der Waals surface area contributed by atoms with Crippen LogP contribution in [0.2, 0.25) is 0 Å². The predicted octanol–water partition coefficient (Wildman–Crippen LogP) is 7.24. The first-order valence-corrected chi connectivity index (χ1v) is 10.3. The van der Waals surface area contributed by atoms with Gasteiger partial charge in [0.25, 0.3) is 0 Å². The van der Waals surface area contributed by atoms with E-state index >= 15 is 0 Å². The zero-order chi connectivity index (χ0) is 14.7. The number of rotatable bonds is 8. The van der Waals surface area contributed by atoms with E-state index in [9.17, 15) is 0 Å². The predicted molar refractivity (Wildman–Crippen MR) is 96.7 cm³/mol. The smallest absolute Gasteiger partial charge is 0.0486 e. The normalized spacial score (nSPS) is 15.1. The van der Waals surface area contributed by atoms with Crippen LogP contribution < -0.4 is 0 Å². The molecular formula is C19H26S2. The molecule has 2 aromatic rings. The molecule has 0 nitrogen and oxygen atoms in total. The zero-order valence-electron chi connectivity index (χ0n) is 13.3. The maximum atomic E-state index is 2.42. The molecule has 114 valence electrons. The number of unbranched alkanes of at least 4 members (excludes halogenated alkanes) is 4. The lowest BCUT2D eigenvalue weighted by atomic mass is 9.71. The Labute approximate surface area is 137 Å². The van der Waals surface area contributed by atoms with Gasteiger partial charge in [0.1, 0.15) is 0 Å². The highest BCUT2D eigenvalue weighted by atomic mass is 32.1. The molecule has 0 radical (unpaired) electrons. The van der Waals surface area contributed by atoms with Gasteiger partial charge in [-0.3, -0.25) is 0 Å². The zero-order valence-corrected chi connectivity index (χ0v) is 14.9. The van der Waals surface area contributed by atoms with Crippen molar-refractivity contribution < 1.29 is 0 Å². The molecule has 1 aliphatic rings. The molecule has 3 rings (SSSR count). The molecule has 21 heavy (non-hydrogen) atoms. The van der Waals surface area contributed by atoms with Crippen LogP contribution >= 0.6 is 22.7 Å². The summed E-state index contributed by atoms with van der Waals surface area (Å²) in [6.45, 7) is 4.62. The largest absolute Gasteiger partial charge is 0.143 e. The molecule has 2 heteroatoms. The third kappa shape index (κ3) is 2.61. The SMILES string of the molecule is CCCCCC1(CCCCC)c2ccsc2-c2sccc21. The lowest BCUT2D eigenvalue weighted by Crippen LogP contribution is -2.24. The summed E-state index contributed by atoms with van der Waals surface area (Å²) in [6, 6.07) is 4.84. The maximum absolute atomic E-state index is 2.42. The summed E-state index contributed by atoms with van der Waals surface area (Å²) in [5, 5.41) is 4.61. The second-order valence-electron chi connectivity index (χ2n) is 6.32. The summed E-state index contributed by atoms with van der Waals surface area (Å²) in [4.78, 5) is 3.15. The van der Waals surface area contributed by atoms with E-state index in [0.717, 1.165) is 0 Å². The molecule has 0 fully saturated rings. The minimum atomic E-state index is 0.342. The van der Waals surface area contributed by atoms with E-state index in [-0.39, 0.29) is 0 Å². The Balaban J connectivity index is 1.95. The fourth-order valence-corrected chi connectivity index (χ4v) is 6.07. The van der Waals surface area contributed by atoms with E-state index in [0.29, 0.717) is 5.41 Å². The molecule has 0 bridgehead atoms. The van der Waals surface area contributed by atoms with Gasteiger partial charge >= 0.3 is 0 Å². The van der Waals surface area contributed by atoms with Crippen molar-refractivity contribution in [1.29, 1.82) is 0 Å². The Morgan fingerprint density at radius 2 is 1.24 bits per heavy atom. The van der Waals surface area contributed by atoms with Crippen LogP contribution in [0, 0.1) is 0 Å². The van der Waals surface area contributed by atoms with Gasteiger partial charge in [-0.05, 0) is 46.9 Å². The molecule has 0 amide bonds. The van der Waals surface area contributed by atoms with Crippen molar-refractivity contribution in [1.82, 2.24) is 0 Å². The first-order chi connectivity index (χ1) is 10.3. The Hall–Kier alpha value is -0.600. The van der Waals surface area contributed by atoms with Crippen LogP contribution in [0.1, 0.15) is 76.3 Å². The molecule has 0 unspecified atom stereocenters.